The van der Waals surface area contributed by atoms with E-state index in [4.69, 9.17) is 16.9 Å². The van der Waals surface area contributed by atoms with Gasteiger partial charge in [-0.1, -0.05) is 11.6 Å². The highest BCUT2D eigenvalue weighted by Crippen LogP contribution is 2.25. The van der Waals surface area contributed by atoms with Gasteiger partial charge < -0.3 is 4.57 Å². The molecular weight excluding hydrogens is 300 g/mol. The number of aryl methyl sites for hydroxylation is 1. The first-order valence-electron chi connectivity index (χ1n) is 6.53. The summed E-state index contributed by atoms with van der Waals surface area (Å²) in [7, 11) is 1.68. The topological polar surface area (TPSA) is 71.6 Å². The van der Waals surface area contributed by atoms with Crippen molar-refractivity contribution in [3.8, 4) is 17.2 Å². The molecule has 6 heteroatoms. The van der Waals surface area contributed by atoms with Crippen LogP contribution in [0.3, 0.4) is 0 Å². The van der Waals surface area contributed by atoms with Crippen molar-refractivity contribution in [2.75, 3.05) is 0 Å². The average Bonchev–Trinajstić information content (AvgIpc) is 2.52. The van der Waals surface area contributed by atoms with E-state index < -0.39 is 0 Å². The van der Waals surface area contributed by atoms with Gasteiger partial charge in [-0.15, -0.1) is 0 Å². The molecule has 108 valence electrons. The van der Waals surface area contributed by atoms with Gasteiger partial charge in [0.1, 0.15) is 11.2 Å². The zero-order valence-electron chi connectivity index (χ0n) is 12.0. The first-order valence-corrected chi connectivity index (χ1v) is 6.91. The number of pyridine rings is 3. The molecule has 0 aliphatic heterocycles. The first-order chi connectivity index (χ1) is 10.5. The summed E-state index contributed by atoms with van der Waals surface area (Å²) in [5.41, 5.74) is 2.85. The molecule has 3 aromatic heterocycles. The van der Waals surface area contributed by atoms with Crippen molar-refractivity contribution in [1.29, 1.82) is 5.26 Å². The number of rotatable bonds is 1. The van der Waals surface area contributed by atoms with Crippen molar-refractivity contribution >= 4 is 22.5 Å². The number of hydrogen-bond donors (Lipinski definition) is 0. The van der Waals surface area contributed by atoms with Crippen LogP contribution >= 0.6 is 11.6 Å². The summed E-state index contributed by atoms with van der Waals surface area (Å²) in [5, 5.41) is 10.2. The summed E-state index contributed by atoms with van der Waals surface area (Å²) in [6.45, 7) is 1.80. The van der Waals surface area contributed by atoms with Gasteiger partial charge >= 0.3 is 0 Å². The molecule has 0 saturated carbocycles. The fourth-order valence-corrected chi connectivity index (χ4v) is 2.59. The predicted molar refractivity (Wildman–Crippen MR) is 84.7 cm³/mol. The van der Waals surface area contributed by atoms with Crippen molar-refractivity contribution in [2.45, 2.75) is 6.92 Å². The Balaban J connectivity index is 2.39. The van der Waals surface area contributed by atoms with Crippen molar-refractivity contribution in [2.24, 2.45) is 7.05 Å². The zero-order valence-corrected chi connectivity index (χ0v) is 12.7. The highest BCUT2D eigenvalue weighted by Gasteiger charge is 2.13. The fraction of sp³-hybridized carbons (Fsp3) is 0.125. The number of hydrogen-bond acceptors (Lipinski definition) is 4. The van der Waals surface area contributed by atoms with Gasteiger partial charge in [0.15, 0.2) is 0 Å². The van der Waals surface area contributed by atoms with Crippen LogP contribution in [0.15, 0.2) is 35.5 Å². The second-order valence-corrected chi connectivity index (χ2v) is 5.35. The average molecular weight is 311 g/mol. The smallest absolute Gasteiger partial charge is 0.258 e. The molecule has 0 fully saturated rings. The van der Waals surface area contributed by atoms with Crippen LogP contribution < -0.4 is 5.56 Å². The van der Waals surface area contributed by atoms with Gasteiger partial charge in [-0.05, 0) is 24.6 Å². The molecule has 0 amide bonds. The van der Waals surface area contributed by atoms with Crippen molar-refractivity contribution in [1.82, 2.24) is 14.5 Å². The second kappa shape index (κ2) is 5.24. The van der Waals surface area contributed by atoms with E-state index in [1.165, 1.54) is 10.8 Å². The Labute approximate surface area is 131 Å². The Morgan fingerprint density at radius 1 is 1.23 bits per heavy atom. The third-order valence-electron chi connectivity index (χ3n) is 3.70. The van der Waals surface area contributed by atoms with Crippen LogP contribution in [0.2, 0.25) is 5.15 Å². The Hall–Kier alpha value is -2.71. The molecule has 0 atom stereocenters. The molecule has 0 aromatic carbocycles. The van der Waals surface area contributed by atoms with E-state index in [0.29, 0.717) is 27.4 Å². The predicted octanol–water partition coefficient (Wildman–Crippen LogP) is 2.83. The highest BCUT2D eigenvalue weighted by molar-refractivity contribution is 6.30. The zero-order chi connectivity index (χ0) is 15.9. The molecule has 0 unspecified atom stereocenters. The van der Waals surface area contributed by atoms with Crippen molar-refractivity contribution in [3.05, 3.63) is 57.4 Å². The molecule has 22 heavy (non-hydrogen) atoms. The largest absolute Gasteiger partial charge is 0.311 e. The van der Waals surface area contributed by atoms with E-state index in [1.54, 1.807) is 38.5 Å². The molecule has 0 bridgehead atoms. The quantitative estimate of drug-likeness (QED) is 0.648. The number of halogens is 1. The minimum atomic E-state index is -0.172. The van der Waals surface area contributed by atoms with E-state index in [-0.39, 0.29) is 5.56 Å². The minimum absolute atomic E-state index is 0.172. The molecule has 3 rings (SSSR count). The summed E-state index contributed by atoms with van der Waals surface area (Å²) < 4.78 is 1.52. The number of nitrogens with zero attached hydrogens (tertiary/aromatic N) is 4. The molecule has 0 aliphatic rings. The van der Waals surface area contributed by atoms with Gasteiger partial charge in [-0.2, -0.15) is 5.26 Å². The number of fused-ring (bicyclic) bond motifs is 1. The van der Waals surface area contributed by atoms with E-state index in [9.17, 15) is 4.79 Å². The van der Waals surface area contributed by atoms with Gasteiger partial charge in [-0.3, -0.25) is 9.78 Å². The molecular formula is C16H11ClN4O. The van der Waals surface area contributed by atoms with Crippen LogP contribution in [0.25, 0.3) is 22.0 Å². The Morgan fingerprint density at radius 3 is 2.73 bits per heavy atom. The SMILES string of the molecule is Cc1c(C#N)cncc1-c1cc2cnc(Cl)cc2n(C)c1=O. The maximum atomic E-state index is 12.6. The van der Waals surface area contributed by atoms with Crippen LogP contribution in [-0.4, -0.2) is 14.5 Å². The Morgan fingerprint density at radius 2 is 2.00 bits per heavy atom. The maximum Gasteiger partial charge on any atom is 0.258 e. The van der Waals surface area contributed by atoms with Gasteiger partial charge in [0.05, 0.1) is 11.1 Å². The fourth-order valence-electron chi connectivity index (χ4n) is 2.44. The monoisotopic (exact) mass is 310 g/mol. The second-order valence-electron chi connectivity index (χ2n) is 4.96. The standard InChI is InChI=1S/C16H11ClN4O/c1-9-11(5-18)6-19-8-13(9)12-3-10-7-20-15(17)4-14(10)21(2)16(12)22/h3-4,6-8H,1-2H3. The van der Waals surface area contributed by atoms with Crippen LogP contribution in [0.1, 0.15) is 11.1 Å². The van der Waals surface area contributed by atoms with E-state index >= 15 is 0 Å². The van der Waals surface area contributed by atoms with Crippen LogP contribution in [-0.2, 0) is 7.05 Å². The summed E-state index contributed by atoms with van der Waals surface area (Å²) in [6, 6.07) is 5.49. The molecule has 0 N–H and O–H groups in total. The molecule has 0 saturated heterocycles. The van der Waals surface area contributed by atoms with E-state index in [2.05, 4.69) is 16.0 Å². The summed E-state index contributed by atoms with van der Waals surface area (Å²) in [4.78, 5) is 20.7. The lowest BCUT2D eigenvalue weighted by atomic mass is 10.00. The van der Waals surface area contributed by atoms with Gasteiger partial charge in [0.25, 0.3) is 5.56 Å². The first kappa shape index (κ1) is 14.2. The number of aromatic nitrogens is 3. The van der Waals surface area contributed by atoms with Crippen LogP contribution in [0.4, 0.5) is 0 Å². The summed E-state index contributed by atoms with van der Waals surface area (Å²) in [5.74, 6) is 0. The summed E-state index contributed by atoms with van der Waals surface area (Å²) in [6.07, 6.45) is 4.71. The van der Waals surface area contributed by atoms with Crippen molar-refractivity contribution in [3.63, 3.8) is 0 Å². The van der Waals surface area contributed by atoms with E-state index in [1.807, 2.05) is 0 Å². The van der Waals surface area contributed by atoms with Gasteiger partial charge in [0.2, 0.25) is 0 Å². The third kappa shape index (κ3) is 2.14. The minimum Gasteiger partial charge on any atom is -0.311 e. The maximum absolute atomic E-state index is 12.6. The lowest BCUT2D eigenvalue weighted by Gasteiger charge is -2.11. The highest BCUT2D eigenvalue weighted by atomic mass is 35.5. The molecule has 0 radical (unpaired) electrons. The molecule has 3 heterocycles. The molecule has 3 aromatic rings. The lowest BCUT2D eigenvalue weighted by Crippen LogP contribution is -2.19. The molecule has 5 nitrogen and oxygen atoms in total. The van der Waals surface area contributed by atoms with E-state index in [0.717, 1.165) is 10.9 Å². The third-order valence-corrected chi connectivity index (χ3v) is 3.91. The van der Waals surface area contributed by atoms with Gasteiger partial charge in [-0.25, -0.2) is 4.98 Å². The van der Waals surface area contributed by atoms with Crippen LogP contribution in [0, 0.1) is 18.3 Å². The van der Waals surface area contributed by atoms with Gasteiger partial charge in [0, 0.05) is 42.2 Å². The van der Waals surface area contributed by atoms with Crippen LogP contribution in [0.5, 0.6) is 0 Å². The summed E-state index contributed by atoms with van der Waals surface area (Å²) >= 11 is 5.89. The number of nitriles is 1. The van der Waals surface area contributed by atoms with Crippen molar-refractivity contribution < 1.29 is 0 Å². The Kier molecular flexibility index (Phi) is 3.39. The molecule has 0 spiro atoms. The Bertz CT molecular complexity index is 1000. The molecule has 0 aliphatic carbocycles. The normalized spacial score (nSPS) is 10.6. The lowest BCUT2D eigenvalue weighted by molar-refractivity contribution is 0.906.